The van der Waals surface area contributed by atoms with Crippen LogP contribution in [0.2, 0.25) is 0 Å². The molecule has 3 heterocycles. The minimum Gasteiger partial charge on any atom is -0.399 e. The maximum atomic E-state index is 10.1. The monoisotopic (exact) mass is 294 g/mol. The summed E-state index contributed by atoms with van der Waals surface area (Å²) in [5.74, 6) is 0.226. The number of ether oxygens (including phenoxy) is 1. The van der Waals surface area contributed by atoms with Crippen LogP contribution in [0.1, 0.15) is 6.23 Å². The number of aliphatic hydroxyl groups excluding tert-OH is 2. The highest BCUT2D eigenvalue weighted by Crippen LogP contribution is 2.31. The van der Waals surface area contributed by atoms with Crippen LogP contribution in [0.5, 0.6) is 0 Å². The number of aliphatic hydroxyl groups is 2. The predicted molar refractivity (Wildman–Crippen MR) is 71.2 cm³/mol. The first-order chi connectivity index (χ1) is 10.1. The third kappa shape index (κ3) is 2.18. The number of anilines is 1. The van der Waals surface area contributed by atoms with Gasteiger partial charge in [-0.25, -0.2) is 15.0 Å². The number of nitrogens with two attached hydrogens (primary N) is 1. The van der Waals surface area contributed by atoms with Gasteiger partial charge in [0.2, 0.25) is 0 Å². The SMILES string of the molecule is CO/N=C/[C@H]1O[C@@H](n2cnc3c(N)ncnc32)[C@H](O)[C@@H]1O. The van der Waals surface area contributed by atoms with Crippen LogP contribution in [-0.4, -0.2) is 61.4 Å². The molecule has 4 atom stereocenters. The fourth-order valence-corrected chi connectivity index (χ4v) is 2.22. The fraction of sp³-hybridized carbons (Fsp3) is 0.455. The molecule has 1 aliphatic heterocycles. The Balaban J connectivity index is 1.96. The molecule has 0 aliphatic carbocycles. The highest BCUT2D eigenvalue weighted by atomic mass is 16.6. The molecule has 112 valence electrons. The molecule has 0 spiro atoms. The van der Waals surface area contributed by atoms with E-state index in [4.69, 9.17) is 10.5 Å². The number of hydrogen-bond donors (Lipinski definition) is 3. The van der Waals surface area contributed by atoms with E-state index in [0.29, 0.717) is 11.2 Å². The normalized spacial score (nSPS) is 29.5. The van der Waals surface area contributed by atoms with E-state index in [1.165, 1.54) is 30.5 Å². The molecular formula is C11H14N6O4. The summed E-state index contributed by atoms with van der Waals surface area (Å²) in [6.45, 7) is 0. The molecule has 10 nitrogen and oxygen atoms in total. The summed E-state index contributed by atoms with van der Waals surface area (Å²) in [6, 6.07) is 0. The molecule has 2 aromatic heterocycles. The smallest absolute Gasteiger partial charge is 0.167 e. The number of oxime groups is 1. The van der Waals surface area contributed by atoms with Gasteiger partial charge in [-0.3, -0.25) is 4.57 Å². The summed E-state index contributed by atoms with van der Waals surface area (Å²) in [7, 11) is 1.37. The van der Waals surface area contributed by atoms with Crippen molar-refractivity contribution >= 4 is 23.2 Å². The molecule has 0 amide bonds. The van der Waals surface area contributed by atoms with Gasteiger partial charge in [0.1, 0.15) is 37.3 Å². The van der Waals surface area contributed by atoms with Crippen LogP contribution < -0.4 is 5.73 Å². The van der Waals surface area contributed by atoms with Gasteiger partial charge in [-0.15, -0.1) is 0 Å². The van der Waals surface area contributed by atoms with Crippen LogP contribution >= 0.6 is 0 Å². The molecular weight excluding hydrogens is 280 g/mol. The number of fused-ring (bicyclic) bond motifs is 1. The van der Waals surface area contributed by atoms with E-state index in [1.807, 2.05) is 0 Å². The number of aromatic nitrogens is 4. The largest absolute Gasteiger partial charge is 0.399 e. The van der Waals surface area contributed by atoms with Crippen LogP contribution in [0.4, 0.5) is 5.82 Å². The molecule has 1 fully saturated rings. The van der Waals surface area contributed by atoms with Gasteiger partial charge in [-0.1, -0.05) is 5.16 Å². The summed E-state index contributed by atoms with van der Waals surface area (Å²) < 4.78 is 7.06. The molecule has 2 aromatic rings. The van der Waals surface area contributed by atoms with E-state index >= 15 is 0 Å². The minimum absolute atomic E-state index is 0.226. The Kier molecular flexibility index (Phi) is 3.41. The van der Waals surface area contributed by atoms with Gasteiger partial charge in [-0.05, 0) is 0 Å². The Morgan fingerprint density at radius 3 is 2.95 bits per heavy atom. The average Bonchev–Trinajstić information content (AvgIpc) is 3.02. The van der Waals surface area contributed by atoms with Gasteiger partial charge in [0.05, 0.1) is 12.5 Å². The zero-order chi connectivity index (χ0) is 15.0. The average molecular weight is 294 g/mol. The Morgan fingerprint density at radius 1 is 1.38 bits per heavy atom. The van der Waals surface area contributed by atoms with Crippen molar-refractivity contribution in [2.75, 3.05) is 12.8 Å². The molecule has 0 bridgehead atoms. The Hall–Kier alpha value is -2.30. The number of rotatable bonds is 3. The molecule has 21 heavy (non-hydrogen) atoms. The lowest BCUT2D eigenvalue weighted by molar-refractivity contribution is -0.0215. The summed E-state index contributed by atoms with van der Waals surface area (Å²) >= 11 is 0. The van der Waals surface area contributed by atoms with Crippen LogP contribution in [0, 0.1) is 0 Å². The molecule has 0 saturated carbocycles. The van der Waals surface area contributed by atoms with Crippen LogP contribution in [0.25, 0.3) is 11.2 Å². The van der Waals surface area contributed by atoms with E-state index in [9.17, 15) is 10.2 Å². The van der Waals surface area contributed by atoms with Crippen molar-refractivity contribution in [3.8, 4) is 0 Å². The Labute approximate surface area is 118 Å². The molecule has 1 saturated heterocycles. The Morgan fingerprint density at radius 2 is 2.19 bits per heavy atom. The van der Waals surface area contributed by atoms with Crippen molar-refractivity contribution in [3.63, 3.8) is 0 Å². The fourth-order valence-electron chi connectivity index (χ4n) is 2.22. The van der Waals surface area contributed by atoms with Crippen LogP contribution in [-0.2, 0) is 9.57 Å². The van der Waals surface area contributed by atoms with Crippen molar-refractivity contribution in [2.24, 2.45) is 5.16 Å². The van der Waals surface area contributed by atoms with Crippen molar-refractivity contribution in [1.29, 1.82) is 0 Å². The Bertz CT molecular complexity index is 674. The van der Waals surface area contributed by atoms with Crippen molar-refractivity contribution in [1.82, 2.24) is 19.5 Å². The highest BCUT2D eigenvalue weighted by molar-refractivity contribution is 5.81. The number of nitrogen functional groups attached to an aromatic ring is 1. The van der Waals surface area contributed by atoms with Crippen LogP contribution in [0.15, 0.2) is 17.8 Å². The number of hydrogen-bond acceptors (Lipinski definition) is 9. The summed E-state index contributed by atoms with van der Waals surface area (Å²) in [4.78, 5) is 16.5. The standard InChI is InChI=1S/C11H14N6O4/c1-20-16-2-5-7(18)8(19)11(21-5)17-4-15-6-9(12)13-3-14-10(6)17/h2-5,7-8,11,18-19H,1H3,(H2,12,13,14)/b16-2+/t5-,7-,8-,11-/m1/s1. The van der Waals surface area contributed by atoms with Crippen molar-refractivity contribution in [3.05, 3.63) is 12.7 Å². The maximum Gasteiger partial charge on any atom is 0.167 e. The second kappa shape index (κ2) is 5.24. The lowest BCUT2D eigenvalue weighted by Gasteiger charge is -2.16. The van der Waals surface area contributed by atoms with Crippen molar-refractivity contribution < 1.29 is 19.8 Å². The van der Waals surface area contributed by atoms with Gasteiger partial charge in [-0.2, -0.15) is 0 Å². The topological polar surface area (TPSA) is 141 Å². The van der Waals surface area contributed by atoms with Gasteiger partial charge < -0.3 is 25.5 Å². The first kappa shape index (κ1) is 13.7. The van der Waals surface area contributed by atoms with Gasteiger partial charge in [0.25, 0.3) is 0 Å². The summed E-state index contributed by atoms with van der Waals surface area (Å²) in [6.07, 6.45) is -0.00778. The van der Waals surface area contributed by atoms with Gasteiger partial charge >= 0.3 is 0 Å². The molecule has 1 aliphatic rings. The first-order valence-electron chi connectivity index (χ1n) is 6.14. The third-order valence-corrected chi connectivity index (χ3v) is 3.25. The predicted octanol–water partition coefficient (Wildman–Crippen LogP) is -1.34. The summed E-state index contributed by atoms with van der Waals surface area (Å²) in [5.41, 5.74) is 6.51. The molecule has 0 aromatic carbocycles. The maximum absolute atomic E-state index is 10.1. The minimum atomic E-state index is -1.17. The first-order valence-corrected chi connectivity index (χ1v) is 6.14. The molecule has 0 radical (unpaired) electrons. The molecule has 3 rings (SSSR count). The lowest BCUT2D eigenvalue weighted by atomic mass is 10.1. The van der Waals surface area contributed by atoms with E-state index in [0.717, 1.165) is 0 Å². The van der Waals surface area contributed by atoms with E-state index in [-0.39, 0.29) is 5.82 Å². The zero-order valence-corrected chi connectivity index (χ0v) is 11.1. The summed E-state index contributed by atoms with van der Waals surface area (Å²) in [5, 5.41) is 23.6. The number of nitrogens with zero attached hydrogens (tertiary/aromatic N) is 5. The molecule has 10 heteroatoms. The second-order valence-electron chi connectivity index (χ2n) is 4.49. The lowest BCUT2D eigenvalue weighted by Crippen LogP contribution is -2.32. The van der Waals surface area contributed by atoms with E-state index < -0.39 is 24.5 Å². The van der Waals surface area contributed by atoms with E-state index in [1.54, 1.807) is 0 Å². The van der Waals surface area contributed by atoms with Gasteiger partial charge in [0.15, 0.2) is 17.7 Å². The highest BCUT2D eigenvalue weighted by Gasteiger charge is 2.43. The molecule has 4 N–H and O–H groups in total. The van der Waals surface area contributed by atoms with Crippen LogP contribution in [0.3, 0.4) is 0 Å². The third-order valence-electron chi connectivity index (χ3n) is 3.25. The van der Waals surface area contributed by atoms with E-state index in [2.05, 4.69) is 24.9 Å². The number of imidazole rings is 1. The quantitative estimate of drug-likeness (QED) is 0.466. The second-order valence-corrected chi connectivity index (χ2v) is 4.49. The van der Waals surface area contributed by atoms with Gasteiger partial charge in [0, 0.05) is 0 Å². The molecule has 0 unspecified atom stereocenters. The zero-order valence-electron chi connectivity index (χ0n) is 11.1. The van der Waals surface area contributed by atoms with Crippen molar-refractivity contribution in [2.45, 2.75) is 24.5 Å².